The van der Waals surface area contributed by atoms with Gasteiger partial charge in [-0.25, -0.2) is 0 Å². The zero-order valence-corrected chi connectivity index (χ0v) is 12.0. The molecular weight excluding hydrogens is 264 g/mol. The quantitative estimate of drug-likeness (QED) is 0.864. The van der Waals surface area contributed by atoms with Gasteiger partial charge in [0.1, 0.15) is 5.75 Å². The van der Waals surface area contributed by atoms with E-state index in [-0.39, 0.29) is 22.3 Å². The van der Waals surface area contributed by atoms with Crippen LogP contribution in [0, 0.1) is 17.8 Å². The number of rotatable bonds is 3. The molecule has 3 heteroatoms. The van der Waals surface area contributed by atoms with Crippen LogP contribution in [0.25, 0.3) is 0 Å². The number of phenolic OH excluding ortho intramolecular Hbond substituents is 1. The van der Waals surface area contributed by atoms with E-state index in [0.717, 1.165) is 23.3 Å². The van der Waals surface area contributed by atoms with Crippen molar-refractivity contribution >= 4 is 12.6 Å². The summed E-state index contributed by atoms with van der Waals surface area (Å²) in [6.07, 6.45) is 8.94. The van der Waals surface area contributed by atoms with Crippen molar-refractivity contribution in [2.24, 2.45) is 17.8 Å². The fraction of sp³-hybridized carbons (Fsp3) is 0.556. The summed E-state index contributed by atoms with van der Waals surface area (Å²) >= 11 is 0. The van der Waals surface area contributed by atoms with Crippen LogP contribution in [0.4, 0.5) is 0 Å². The van der Waals surface area contributed by atoms with Crippen molar-refractivity contribution < 1.29 is 14.7 Å². The second-order valence-electron chi connectivity index (χ2n) is 7.44. The van der Waals surface area contributed by atoms with E-state index in [0.29, 0.717) is 12.6 Å². The molecule has 110 valence electrons. The van der Waals surface area contributed by atoms with E-state index >= 15 is 0 Å². The monoisotopic (exact) mass is 284 g/mol. The number of carbonyl (C=O) groups excluding carboxylic acids is 2. The van der Waals surface area contributed by atoms with Gasteiger partial charge in [0.05, 0.1) is 11.1 Å². The molecule has 4 saturated carbocycles. The van der Waals surface area contributed by atoms with Crippen molar-refractivity contribution in [1.29, 1.82) is 0 Å². The van der Waals surface area contributed by atoms with Gasteiger partial charge in [0, 0.05) is 0 Å². The van der Waals surface area contributed by atoms with E-state index in [1.165, 1.54) is 38.5 Å². The summed E-state index contributed by atoms with van der Waals surface area (Å²) in [4.78, 5) is 22.4. The first-order valence-electron chi connectivity index (χ1n) is 7.91. The standard InChI is InChI=1S/C18H20O3/c19-9-14-4-16(5-15(10-20)17(14)21)18-6-11-1-12(7-18)3-13(2-11)8-18/h4-5,9-13,21H,1-3,6-8H2. The molecule has 1 N–H and O–H groups in total. The maximum Gasteiger partial charge on any atom is 0.153 e. The van der Waals surface area contributed by atoms with Gasteiger partial charge in [0.25, 0.3) is 0 Å². The van der Waals surface area contributed by atoms with E-state index in [1.54, 1.807) is 0 Å². The van der Waals surface area contributed by atoms with Gasteiger partial charge in [-0.2, -0.15) is 0 Å². The van der Waals surface area contributed by atoms with Crippen LogP contribution in [-0.4, -0.2) is 17.7 Å². The number of benzene rings is 1. The molecule has 4 bridgehead atoms. The maximum atomic E-state index is 11.2. The van der Waals surface area contributed by atoms with Gasteiger partial charge in [-0.1, -0.05) is 0 Å². The number of aldehydes is 2. The zero-order valence-electron chi connectivity index (χ0n) is 12.0. The molecule has 3 nitrogen and oxygen atoms in total. The Balaban J connectivity index is 1.83. The molecule has 0 unspecified atom stereocenters. The van der Waals surface area contributed by atoms with Gasteiger partial charge in [0.2, 0.25) is 0 Å². The van der Waals surface area contributed by atoms with E-state index in [4.69, 9.17) is 0 Å². The first kappa shape index (κ1) is 13.1. The van der Waals surface area contributed by atoms with E-state index in [2.05, 4.69) is 0 Å². The van der Waals surface area contributed by atoms with Gasteiger partial charge in [0.15, 0.2) is 12.6 Å². The zero-order chi connectivity index (χ0) is 14.6. The van der Waals surface area contributed by atoms with Crippen LogP contribution in [-0.2, 0) is 5.41 Å². The highest BCUT2D eigenvalue weighted by Gasteiger charge is 2.51. The summed E-state index contributed by atoms with van der Waals surface area (Å²) in [5.74, 6) is 2.26. The Hall–Kier alpha value is -1.64. The molecule has 0 spiro atoms. The molecule has 0 atom stereocenters. The smallest absolute Gasteiger partial charge is 0.153 e. The minimum absolute atomic E-state index is 0.137. The molecule has 21 heavy (non-hydrogen) atoms. The number of hydrogen-bond acceptors (Lipinski definition) is 3. The van der Waals surface area contributed by atoms with Crippen LogP contribution in [0.3, 0.4) is 0 Å². The second-order valence-corrected chi connectivity index (χ2v) is 7.44. The van der Waals surface area contributed by atoms with Gasteiger partial charge in [-0.15, -0.1) is 0 Å². The number of aromatic hydroxyl groups is 1. The lowest BCUT2D eigenvalue weighted by Crippen LogP contribution is -2.48. The molecule has 4 aliphatic rings. The Bertz CT molecular complexity index is 553. The fourth-order valence-electron chi connectivity index (χ4n) is 5.63. The lowest BCUT2D eigenvalue weighted by atomic mass is 9.48. The second kappa shape index (κ2) is 4.43. The summed E-state index contributed by atoms with van der Waals surface area (Å²) in [5, 5.41) is 9.93. The molecule has 0 aliphatic heterocycles. The predicted octanol–water partition coefficient (Wildman–Crippen LogP) is 3.49. The topological polar surface area (TPSA) is 54.4 Å². The van der Waals surface area contributed by atoms with Crippen molar-refractivity contribution in [3.63, 3.8) is 0 Å². The van der Waals surface area contributed by atoms with Gasteiger partial charge < -0.3 is 5.11 Å². The van der Waals surface area contributed by atoms with Crippen molar-refractivity contribution in [3.05, 3.63) is 28.8 Å². The first-order valence-corrected chi connectivity index (χ1v) is 7.91. The Morgan fingerprint density at radius 1 is 0.905 bits per heavy atom. The average Bonchev–Trinajstić information content (AvgIpc) is 2.46. The third kappa shape index (κ3) is 1.86. The Labute approximate surface area is 124 Å². The summed E-state index contributed by atoms with van der Waals surface area (Å²) in [6, 6.07) is 3.64. The first-order chi connectivity index (χ1) is 10.1. The van der Waals surface area contributed by atoms with Crippen LogP contribution in [0.5, 0.6) is 5.75 Å². The fourth-order valence-corrected chi connectivity index (χ4v) is 5.63. The third-order valence-electron chi connectivity index (χ3n) is 6.07. The van der Waals surface area contributed by atoms with Crippen molar-refractivity contribution in [2.75, 3.05) is 0 Å². The Morgan fingerprint density at radius 2 is 1.33 bits per heavy atom. The SMILES string of the molecule is O=Cc1cc(C23CC4CC(CC(C4)C2)C3)cc(C=O)c1O. The van der Waals surface area contributed by atoms with Gasteiger partial charge in [-0.3, -0.25) is 9.59 Å². The van der Waals surface area contributed by atoms with Gasteiger partial charge >= 0.3 is 0 Å². The molecule has 0 aromatic heterocycles. The molecule has 0 heterocycles. The number of carbonyl (C=O) groups is 2. The predicted molar refractivity (Wildman–Crippen MR) is 78.7 cm³/mol. The summed E-state index contributed by atoms with van der Waals surface area (Å²) in [6.45, 7) is 0. The van der Waals surface area contributed by atoms with E-state index in [9.17, 15) is 14.7 Å². The minimum atomic E-state index is -0.173. The molecule has 5 rings (SSSR count). The largest absolute Gasteiger partial charge is 0.506 e. The highest BCUT2D eigenvalue weighted by atomic mass is 16.3. The number of hydrogen-bond donors (Lipinski definition) is 1. The highest BCUT2D eigenvalue weighted by molar-refractivity contribution is 5.88. The molecule has 4 fully saturated rings. The Kier molecular flexibility index (Phi) is 2.75. The number of phenols is 1. The van der Waals surface area contributed by atoms with E-state index < -0.39 is 0 Å². The van der Waals surface area contributed by atoms with Crippen LogP contribution < -0.4 is 0 Å². The molecule has 0 saturated heterocycles. The molecule has 1 aromatic rings. The van der Waals surface area contributed by atoms with Crippen LogP contribution >= 0.6 is 0 Å². The molecular formula is C18H20O3. The molecule has 0 radical (unpaired) electrons. The normalized spacial score (nSPS) is 36.7. The van der Waals surface area contributed by atoms with Crippen molar-refractivity contribution in [2.45, 2.75) is 43.9 Å². The van der Waals surface area contributed by atoms with Crippen LogP contribution in [0.1, 0.15) is 64.8 Å². The molecule has 0 amide bonds. The lowest BCUT2D eigenvalue weighted by Gasteiger charge is -2.57. The summed E-state index contributed by atoms with van der Waals surface area (Å²) < 4.78 is 0. The lowest BCUT2D eigenvalue weighted by molar-refractivity contribution is -0.00522. The Morgan fingerprint density at radius 3 is 1.71 bits per heavy atom. The van der Waals surface area contributed by atoms with Crippen LogP contribution in [0.15, 0.2) is 12.1 Å². The molecule has 4 aliphatic carbocycles. The highest BCUT2D eigenvalue weighted by Crippen LogP contribution is 2.60. The van der Waals surface area contributed by atoms with Gasteiger partial charge in [-0.05, 0) is 79.4 Å². The minimum Gasteiger partial charge on any atom is -0.506 e. The average molecular weight is 284 g/mol. The van der Waals surface area contributed by atoms with E-state index in [1.807, 2.05) is 12.1 Å². The van der Waals surface area contributed by atoms with Crippen molar-refractivity contribution in [1.82, 2.24) is 0 Å². The third-order valence-corrected chi connectivity index (χ3v) is 6.07. The maximum absolute atomic E-state index is 11.2. The van der Waals surface area contributed by atoms with Crippen LogP contribution in [0.2, 0.25) is 0 Å². The van der Waals surface area contributed by atoms with Crippen molar-refractivity contribution in [3.8, 4) is 5.75 Å². The summed E-state index contributed by atoms with van der Waals surface area (Å²) in [7, 11) is 0. The molecule has 1 aromatic carbocycles. The summed E-state index contributed by atoms with van der Waals surface area (Å²) in [5.41, 5.74) is 1.75.